The van der Waals surface area contributed by atoms with Gasteiger partial charge in [-0.05, 0) is 43.6 Å². The average Bonchev–Trinajstić information content (AvgIpc) is 2.39. The second-order valence-corrected chi connectivity index (χ2v) is 4.76. The molecule has 0 bridgehead atoms. The van der Waals surface area contributed by atoms with Crippen molar-refractivity contribution >= 4 is 22.5 Å². The van der Waals surface area contributed by atoms with Crippen LogP contribution in [0.2, 0.25) is 5.28 Å². The zero-order valence-corrected chi connectivity index (χ0v) is 10.2. The Labute approximate surface area is 105 Å². The highest BCUT2D eigenvalue weighted by Crippen LogP contribution is 2.29. The largest absolute Gasteiger partial charge is 0.317 e. The van der Waals surface area contributed by atoms with Crippen LogP contribution >= 0.6 is 11.6 Å². The van der Waals surface area contributed by atoms with Gasteiger partial charge in [-0.25, -0.2) is 9.97 Å². The van der Waals surface area contributed by atoms with Crippen LogP contribution in [0.25, 0.3) is 10.9 Å². The number of aromatic nitrogens is 2. The van der Waals surface area contributed by atoms with Crippen LogP contribution in [0.4, 0.5) is 0 Å². The van der Waals surface area contributed by atoms with Crippen LogP contribution in [0.3, 0.4) is 0 Å². The summed E-state index contributed by atoms with van der Waals surface area (Å²) in [5.41, 5.74) is 2.06. The van der Waals surface area contributed by atoms with E-state index in [4.69, 9.17) is 11.6 Å². The van der Waals surface area contributed by atoms with Gasteiger partial charge < -0.3 is 5.32 Å². The Bertz CT molecular complexity index is 535. The van der Waals surface area contributed by atoms with Crippen molar-refractivity contribution in [1.29, 1.82) is 0 Å². The molecule has 3 rings (SSSR count). The van der Waals surface area contributed by atoms with E-state index >= 15 is 0 Å². The molecule has 1 fully saturated rings. The molecule has 2 heterocycles. The van der Waals surface area contributed by atoms with Crippen LogP contribution in [0.1, 0.15) is 24.5 Å². The number of hydrogen-bond donors (Lipinski definition) is 1. The number of hydrogen-bond acceptors (Lipinski definition) is 3. The number of nitrogens with one attached hydrogen (secondary N) is 1. The molecule has 2 aromatic rings. The molecule has 0 amide bonds. The van der Waals surface area contributed by atoms with Crippen molar-refractivity contribution < 1.29 is 0 Å². The van der Waals surface area contributed by atoms with Crippen LogP contribution in [0, 0.1) is 0 Å². The fraction of sp³-hybridized carbons (Fsp3) is 0.385. The molecule has 0 atom stereocenters. The zero-order chi connectivity index (χ0) is 11.7. The Kier molecular flexibility index (Phi) is 2.95. The van der Waals surface area contributed by atoms with Crippen molar-refractivity contribution in [1.82, 2.24) is 15.3 Å². The van der Waals surface area contributed by atoms with Crippen LogP contribution in [0.15, 0.2) is 24.3 Å². The van der Waals surface area contributed by atoms with E-state index in [9.17, 15) is 0 Å². The number of piperidine rings is 1. The van der Waals surface area contributed by atoms with Gasteiger partial charge in [0.15, 0.2) is 0 Å². The van der Waals surface area contributed by atoms with Gasteiger partial charge in [-0.1, -0.05) is 18.2 Å². The van der Waals surface area contributed by atoms with Crippen molar-refractivity contribution in [3.05, 3.63) is 35.2 Å². The Morgan fingerprint density at radius 2 is 1.88 bits per heavy atom. The van der Waals surface area contributed by atoms with Crippen molar-refractivity contribution in [2.24, 2.45) is 0 Å². The quantitative estimate of drug-likeness (QED) is 0.788. The number of rotatable bonds is 1. The summed E-state index contributed by atoms with van der Waals surface area (Å²) in [6.07, 6.45) is 2.24. The maximum Gasteiger partial charge on any atom is 0.223 e. The Morgan fingerprint density at radius 3 is 2.71 bits per heavy atom. The molecule has 0 radical (unpaired) electrons. The molecule has 0 saturated carbocycles. The van der Waals surface area contributed by atoms with E-state index in [0.717, 1.165) is 42.5 Å². The highest BCUT2D eigenvalue weighted by Gasteiger charge is 2.19. The van der Waals surface area contributed by atoms with Crippen LogP contribution in [0.5, 0.6) is 0 Å². The molecule has 88 valence electrons. The summed E-state index contributed by atoms with van der Waals surface area (Å²) in [6, 6.07) is 8.10. The van der Waals surface area contributed by atoms with Gasteiger partial charge in [0.25, 0.3) is 0 Å². The third-order valence-corrected chi connectivity index (χ3v) is 3.50. The zero-order valence-electron chi connectivity index (χ0n) is 9.49. The van der Waals surface area contributed by atoms with E-state index in [1.54, 1.807) is 0 Å². The van der Waals surface area contributed by atoms with E-state index in [1.165, 1.54) is 0 Å². The third-order valence-electron chi connectivity index (χ3n) is 3.33. The number of halogens is 1. The molecule has 0 aliphatic carbocycles. The predicted molar refractivity (Wildman–Crippen MR) is 69.4 cm³/mol. The fourth-order valence-corrected chi connectivity index (χ4v) is 2.66. The molecule has 0 unspecified atom stereocenters. The Morgan fingerprint density at radius 1 is 1.12 bits per heavy atom. The Hall–Kier alpha value is -1.19. The van der Waals surface area contributed by atoms with E-state index in [1.807, 2.05) is 18.2 Å². The number of para-hydroxylation sites is 1. The van der Waals surface area contributed by atoms with Crippen molar-refractivity contribution in [3.8, 4) is 0 Å². The number of nitrogens with zero attached hydrogens (tertiary/aromatic N) is 2. The summed E-state index contributed by atoms with van der Waals surface area (Å²) in [5.74, 6) is 0.502. The topological polar surface area (TPSA) is 37.8 Å². The lowest BCUT2D eigenvalue weighted by Gasteiger charge is -2.23. The van der Waals surface area contributed by atoms with Gasteiger partial charge >= 0.3 is 0 Å². The van der Waals surface area contributed by atoms with E-state index < -0.39 is 0 Å². The van der Waals surface area contributed by atoms with Crippen LogP contribution in [-0.2, 0) is 0 Å². The second-order valence-electron chi connectivity index (χ2n) is 4.42. The van der Waals surface area contributed by atoms with Crippen LogP contribution < -0.4 is 5.32 Å². The third kappa shape index (κ3) is 2.13. The van der Waals surface area contributed by atoms with Gasteiger partial charge in [0.1, 0.15) is 0 Å². The molecule has 3 nitrogen and oxygen atoms in total. The molecule has 1 aromatic heterocycles. The molecule has 0 spiro atoms. The summed E-state index contributed by atoms with van der Waals surface area (Å²) >= 11 is 6.01. The summed E-state index contributed by atoms with van der Waals surface area (Å²) < 4.78 is 0. The van der Waals surface area contributed by atoms with Crippen molar-refractivity contribution in [2.45, 2.75) is 18.8 Å². The van der Waals surface area contributed by atoms with Gasteiger partial charge in [0.2, 0.25) is 5.28 Å². The Balaban J connectivity index is 2.13. The average molecular weight is 248 g/mol. The first-order valence-electron chi connectivity index (χ1n) is 5.97. The predicted octanol–water partition coefficient (Wildman–Crippen LogP) is 2.75. The summed E-state index contributed by atoms with van der Waals surface area (Å²) in [6.45, 7) is 2.11. The molecule has 1 aliphatic rings. The minimum absolute atomic E-state index is 0.359. The standard InChI is InChI=1S/C13H14ClN3/c14-13-16-11-4-2-1-3-10(11)12(17-13)9-5-7-15-8-6-9/h1-4,9,15H,5-8H2. The van der Waals surface area contributed by atoms with Gasteiger partial charge in [-0.3, -0.25) is 0 Å². The summed E-state index contributed by atoms with van der Waals surface area (Å²) in [5, 5.41) is 4.87. The first kappa shape index (κ1) is 10.9. The van der Waals surface area contributed by atoms with Gasteiger partial charge in [0, 0.05) is 11.3 Å². The molecule has 4 heteroatoms. The molecule has 17 heavy (non-hydrogen) atoms. The van der Waals surface area contributed by atoms with Gasteiger partial charge in [-0.2, -0.15) is 0 Å². The highest BCUT2D eigenvalue weighted by atomic mass is 35.5. The van der Waals surface area contributed by atoms with Gasteiger partial charge in [0.05, 0.1) is 11.2 Å². The lowest BCUT2D eigenvalue weighted by atomic mass is 9.92. The summed E-state index contributed by atoms with van der Waals surface area (Å²) in [4.78, 5) is 8.72. The normalized spacial score (nSPS) is 17.5. The van der Waals surface area contributed by atoms with E-state index in [2.05, 4.69) is 21.4 Å². The molecular weight excluding hydrogens is 234 g/mol. The molecule has 1 saturated heterocycles. The molecular formula is C13H14ClN3. The molecule has 1 aromatic carbocycles. The second kappa shape index (κ2) is 4.59. The monoisotopic (exact) mass is 247 g/mol. The minimum atomic E-state index is 0.359. The molecule has 1 N–H and O–H groups in total. The van der Waals surface area contributed by atoms with Crippen molar-refractivity contribution in [3.63, 3.8) is 0 Å². The first-order valence-corrected chi connectivity index (χ1v) is 6.35. The summed E-state index contributed by atoms with van der Waals surface area (Å²) in [7, 11) is 0. The van der Waals surface area contributed by atoms with Crippen molar-refractivity contribution in [2.75, 3.05) is 13.1 Å². The lowest BCUT2D eigenvalue weighted by molar-refractivity contribution is 0.455. The van der Waals surface area contributed by atoms with Crippen LogP contribution in [-0.4, -0.2) is 23.1 Å². The smallest absolute Gasteiger partial charge is 0.223 e. The maximum atomic E-state index is 6.01. The maximum absolute atomic E-state index is 6.01. The van der Waals surface area contributed by atoms with E-state index in [-0.39, 0.29) is 0 Å². The van der Waals surface area contributed by atoms with E-state index in [0.29, 0.717) is 11.2 Å². The fourth-order valence-electron chi connectivity index (χ4n) is 2.48. The highest BCUT2D eigenvalue weighted by molar-refractivity contribution is 6.28. The van der Waals surface area contributed by atoms with Gasteiger partial charge in [-0.15, -0.1) is 0 Å². The number of fused-ring (bicyclic) bond motifs is 1. The lowest BCUT2D eigenvalue weighted by Crippen LogP contribution is -2.27. The minimum Gasteiger partial charge on any atom is -0.317 e. The first-order chi connectivity index (χ1) is 8.34. The molecule has 1 aliphatic heterocycles. The number of benzene rings is 1. The SMILES string of the molecule is Clc1nc(C2CCNCC2)c2ccccc2n1.